The van der Waals surface area contributed by atoms with Crippen LogP contribution in [0.3, 0.4) is 0 Å². The Bertz CT molecular complexity index is 1380. The van der Waals surface area contributed by atoms with Crippen LogP contribution in [0, 0.1) is 35.3 Å². The highest BCUT2D eigenvalue weighted by atomic mass is 79.9. The number of nitriles is 1. The van der Waals surface area contributed by atoms with Crippen molar-refractivity contribution in [2.24, 2.45) is 0 Å². The number of nitro benzene ring substituents is 1. The van der Waals surface area contributed by atoms with Crippen LogP contribution in [-0.4, -0.2) is 17.4 Å². The van der Waals surface area contributed by atoms with Crippen LogP contribution in [0.2, 0.25) is 0 Å². The quantitative estimate of drug-likeness (QED) is 0.141. The zero-order valence-electron chi connectivity index (χ0n) is 20.0. The fourth-order valence-corrected chi connectivity index (χ4v) is 3.93. The second kappa shape index (κ2) is 12.0. The van der Waals surface area contributed by atoms with Gasteiger partial charge in [-0.05, 0) is 77.2 Å². The number of ether oxygens (including phenoxy) is 2. The SMILES string of the molecule is CCOc1cc(/C=C(\C#N)C(=O)Nc2cc([N+](=O)[O-])ccc2C)cc(Br)c1OCc1ccccc1C. The van der Waals surface area contributed by atoms with E-state index >= 15 is 0 Å². The van der Waals surface area contributed by atoms with Gasteiger partial charge < -0.3 is 14.8 Å². The number of hydrogen-bond donors (Lipinski definition) is 1. The number of carbonyl (C=O) groups is 1. The average molecular weight is 550 g/mol. The van der Waals surface area contributed by atoms with Crippen molar-refractivity contribution >= 4 is 39.3 Å². The molecule has 0 saturated carbocycles. The molecule has 184 valence electrons. The number of hydrogen-bond acceptors (Lipinski definition) is 6. The van der Waals surface area contributed by atoms with Crippen molar-refractivity contribution < 1.29 is 19.2 Å². The zero-order chi connectivity index (χ0) is 26.2. The third-order valence-corrected chi connectivity index (χ3v) is 5.91. The summed E-state index contributed by atoms with van der Waals surface area (Å²) in [6.45, 7) is 6.29. The van der Waals surface area contributed by atoms with Crippen molar-refractivity contribution in [1.82, 2.24) is 0 Å². The Labute approximate surface area is 217 Å². The van der Waals surface area contributed by atoms with E-state index in [2.05, 4.69) is 21.2 Å². The van der Waals surface area contributed by atoms with E-state index in [0.717, 1.165) is 11.1 Å². The Balaban J connectivity index is 1.88. The van der Waals surface area contributed by atoms with Gasteiger partial charge >= 0.3 is 0 Å². The van der Waals surface area contributed by atoms with Crippen LogP contribution in [-0.2, 0) is 11.4 Å². The third kappa shape index (κ3) is 6.49. The molecule has 0 unspecified atom stereocenters. The number of nitrogens with zero attached hydrogens (tertiary/aromatic N) is 2. The molecule has 0 aliphatic heterocycles. The molecular formula is C27H24BrN3O5. The van der Waals surface area contributed by atoms with Crippen LogP contribution >= 0.6 is 15.9 Å². The van der Waals surface area contributed by atoms with Gasteiger partial charge in [0, 0.05) is 12.1 Å². The molecule has 0 aliphatic carbocycles. The van der Waals surface area contributed by atoms with Gasteiger partial charge in [-0.15, -0.1) is 0 Å². The van der Waals surface area contributed by atoms with E-state index in [-0.39, 0.29) is 16.9 Å². The van der Waals surface area contributed by atoms with E-state index in [9.17, 15) is 20.2 Å². The molecule has 0 saturated heterocycles. The van der Waals surface area contributed by atoms with Crippen molar-refractivity contribution in [1.29, 1.82) is 5.26 Å². The summed E-state index contributed by atoms with van der Waals surface area (Å²) in [5.41, 5.74) is 3.23. The summed E-state index contributed by atoms with van der Waals surface area (Å²) < 4.78 is 12.4. The first-order valence-electron chi connectivity index (χ1n) is 11.0. The van der Waals surface area contributed by atoms with E-state index in [1.54, 1.807) is 19.1 Å². The molecule has 0 aliphatic rings. The molecule has 0 fully saturated rings. The van der Waals surface area contributed by atoms with Crippen LogP contribution in [0.1, 0.15) is 29.2 Å². The Morgan fingerprint density at radius 1 is 1.14 bits per heavy atom. The lowest BCUT2D eigenvalue weighted by molar-refractivity contribution is -0.384. The Morgan fingerprint density at radius 3 is 2.56 bits per heavy atom. The number of halogens is 1. The van der Waals surface area contributed by atoms with E-state index < -0.39 is 10.8 Å². The van der Waals surface area contributed by atoms with Gasteiger partial charge in [-0.2, -0.15) is 5.26 Å². The topological polar surface area (TPSA) is 114 Å². The molecule has 0 aromatic heterocycles. The maximum Gasteiger partial charge on any atom is 0.271 e. The molecule has 8 nitrogen and oxygen atoms in total. The highest BCUT2D eigenvalue weighted by Gasteiger charge is 2.17. The highest BCUT2D eigenvalue weighted by Crippen LogP contribution is 2.38. The minimum absolute atomic E-state index is 0.162. The molecule has 1 N–H and O–H groups in total. The van der Waals surface area contributed by atoms with Gasteiger partial charge in [0.05, 0.1) is 21.7 Å². The summed E-state index contributed by atoms with van der Waals surface area (Å²) in [5.74, 6) is 0.279. The Kier molecular flexibility index (Phi) is 8.81. The second-order valence-corrected chi connectivity index (χ2v) is 8.71. The van der Waals surface area contributed by atoms with E-state index in [4.69, 9.17) is 9.47 Å². The monoisotopic (exact) mass is 549 g/mol. The lowest BCUT2D eigenvalue weighted by Crippen LogP contribution is -2.14. The van der Waals surface area contributed by atoms with Crippen LogP contribution in [0.15, 0.2) is 64.6 Å². The summed E-state index contributed by atoms with van der Waals surface area (Å²) in [6, 6.07) is 17.3. The normalized spacial score (nSPS) is 10.9. The van der Waals surface area contributed by atoms with Crippen molar-refractivity contribution in [3.63, 3.8) is 0 Å². The molecule has 36 heavy (non-hydrogen) atoms. The van der Waals surface area contributed by atoms with Gasteiger partial charge in [-0.1, -0.05) is 30.3 Å². The second-order valence-electron chi connectivity index (χ2n) is 7.86. The van der Waals surface area contributed by atoms with Crippen molar-refractivity contribution in [3.05, 3.63) is 97.0 Å². The molecule has 0 spiro atoms. The summed E-state index contributed by atoms with van der Waals surface area (Å²) in [6.07, 6.45) is 1.42. The number of anilines is 1. The fraction of sp³-hybridized carbons (Fsp3) is 0.185. The number of nitrogens with one attached hydrogen (secondary N) is 1. The lowest BCUT2D eigenvalue weighted by Gasteiger charge is -2.15. The number of nitro groups is 1. The smallest absolute Gasteiger partial charge is 0.271 e. The van der Waals surface area contributed by atoms with Gasteiger partial charge in [-0.25, -0.2) is 0 Å². The van der Waals surface area contributed by atoms with Crippen LogP contribution in [0.4, 0.5) is 11.4 Å². The Morgan fingerprint density at radius 2 is 1.89 bits per heavy atom. The number of rotatable bonds is 9. The molecule has 0 bridgehead atoms. The van der Waals surface area contributed by atoms with Gasteiger partial charge in [0.25, 0.3) is 11.6 Å². The number of carbonyl (C=O) groups excluding carboxylic acids is 1. The van der Waals surface area contributed by atoms with Gasteiger partial charge in [0.1, 0.15) is 18.2 Å². The minimum Gasteiger partial charge on any atom is -0.490 e. The molecule has 1 amide bonds. The zero-order valence-corrected chi connectivity index (χ0v) is 21.6. The minimum atomic E-state index is -0.685. The predicted octanol–water partition coefficient (Wildman–Crippen LogP) is 6.50. The van der Waals surface area contributed by atoms with Gasteiger partial charge in [0.2, 0.25) is 0 Å². The Hall–Kier alpha value is -4.16. The van der Waals surface area contributed by atoms with E-state index in [1.807, 2.05) is 44.2 Å². The molecule has 9 heteroatoms. The summed E-state index contributed by atoms with van der Waals surface area (Å²) in [7, 11) is 0. The van der Waals surface area contributed by atoms with Gasteiger partial charge in [-0.3, -0.25) is 14.9 Å². The maximum absolute atomic E-state index is 12.8. The number of amides is 1. The molecular weight excluding hydrogens is 526 g/mol. The first kappa shape index (κ1) is 26.4. The van der Waals surface area contributed by atoms with E-state index in [0.29, 0.717) is 40.3 Å². The first-order valence-corrected chi connectivity index (χ1v) is 11.8. The van der Waals surface area contributed by atoms with Gasteiger partial charge in [0.15, 0.2) is 11.5 Å². The molecule has 0 heterocycles. The highest BCUT2D eigenvalue weighted by molar-refractivity contribution is 9.10. The number of non-ortho nitro benzene ring substituents is 1. The van der Waals surface area contributed by atoms with Crippen molar-refractivity contribution in [2.45, 2.75) is 27.4 Å². The largest absolute Gasteiger partial charge is 0.490 e. The average Bonchev–Trinajstić information content (AvgIpc) is 2.84. The molecule has 3 aromatic carbocycles. The van der Waals surface area contributed by atoms with Crippen LogP contribution < -0.4 is 14.8 Å². The first-order chi connectivity index (χ1) is 17.2. The molecule has 3 rings (SSSR count). The molecule has 0 atom stereocenters. The summed E-state index contributed by atoms with van der Waals surface area (Å²) in [5, 5.41) is 23.3. The molecule has 3 aromatic rings. The van der Waals surface area contributed by atoms with Crippen molar-refractivity contribution in [2.75, 3.05) is 11.9 Å². The number of benzene rings is 3. The molecule has 0 radical (unpaired) electrons. The van der Waals surface area contributed by atoms with E-state index in [1.165, 1.54) is 24.3 Å². The number of aryl methyl sites for hydroxylation is 2. The fourth-order valence-electron chi connectivity index (χ4n) is 3.36. The van der Waals surface area contributed by atoms with Crippen molar-refractivity contribution in [3.8, 4) is 17.6 Å². The standard InChI is InChI=1S/C27H24BrN3O5/c1-4-35-25-13-19(12-23(28)26(25)36-16-20-8-6-5-7-17(20)2)11-21(15-29)27(32)30-24-14-22(31(33)34)10-9-18(24)3/h5-14H,4,16H2,1-3H3,(H,30,32)/b21-11+. The van der Waals surface area contributed by atoms with Crippen LogP contribution in [0.5, 0.6) is 11.5 Å². The summed E-state index contributed by atoms with van der Waals surface area (Å²) >= 11 is 3.51. The lowest BCUT2D eigenvalue weighted by atomic mass is 10.1. The van der Waals surface area contributed by atoms with Crippen LogP contribution in [0.25, 0.3) is 6.08 Å². The predicted molar refractivity (Wildman–Crippen MR) is 141 cm³/mol. The third-order valence-electron chi connectivity index (χ3n) is 5.32. The summed E-state index contributed by atoms with van der Waals surface area (Å²) in [4.78, 5) is 23.3. The maximum atomic E-state index is 12.8.